The van der Waals surface area contributed by atoms with Crippen molar-refractivity contribution in [3.8, 4) is 5.75 Å². The van der Waals surface area contributed by atoms with Gasteiger partial charge in [-0.15, -0.1) is 0 Å². The molecule has 8 heteroatoms. The van der Waals surface area contributed by atoms with E-state index in [0.29, 0.717) is 11.3 Å². The van der Waals surface area contributed by atoms with E-state index >= 15 is 0 Å². The fourth-order valence-corrected chi connectivity index (χ4v) is 1.25. The topological polar surface area (TPSA) is 118 Å². The Hall–Kier alpha value is -1.15. The molecule has 0 saturated heterocycles. The number of aromatic hydroxyl groups is 1. The fraction of sp³-hybridized carbons (Fsp3) is 0.222. The molecule has 0 fully saturated rings. The number of phenols is 1. The number of benzene rings is 1. The first kappa shape index (κ1) is 15.9. The Labute approximate surface area is 104 Å². The average molecular weight is 282 g/mol. The van der Waals surface area contributed by atoms with Gasteiger partial charge in [0.25, 0.3) is 10.1 Å². The first-order chi connectivity index (χ1) is 7.80. The molecule has 96 valence electrons. The lowest BCUT2D eigenvalue weighted by Crippen LogP contribution is -2.13. The predicted molar refractivity (Wildman–Crippen MR) is 64.0 cm³/mol. The first-order valence-corrected chi connectivity index (χ1v) is 6.37. The lowest BCUT2D eigenvalue weighted by molar-refractivity contribution is 0.112. The largest absolute Gasteiger partial charge is 0.507 e. The van der Waals surface area contributed by atoms with Gasteiger partial charge in [0, 0.05) is 11.6 Å². The van der Waals surface area contributed by atoms with Crippen LogP contribution in [0.3, 0.4) is 0 Å². The zero-order valence-corrected chi connectivity index (χ0v) is 10.3. The van der Waals surface area contributed by atoms with E-state index in [-0.39, 0.29) is 23.6 Å². The Balaban J connectivity index is 0.000000325. The van der Waals surface area contributed by atoms with Crippen LogP contribution in [0.2, 0.25) is 5.02 Å². The van der Waals surface area contributed by atoms with Gasteiger partial charge >= 0.3 is 0 Å². The molecule has 0 unspecified atom stereocenters. The van der Waals surface area contributed by atoms with E-state index < -0.39 is 10.1 Å². The smallest absolute Gasteiger partial charge is 0.266 e. The van der Waals surface area contributed by atoms with E-state index in [1.165, 1.54) is 18.2 Å². The highest BCUT2D eigenvalue weighted by Gasteiger charge is 1.98. The van der Waals surface area contributed by atoms with Crippen molar-refractivity contribution in [1.29, 1.82) is 0 Å². The van der Waals surface area contributed by atoms with Crippen molar-refractivity contribution in [2.45, 2.75) is 0 Å². The molecule has 1 rings (SSSR count). The molecule has 0 spiro atoms. The van der Waals surface area contributed by atoms with Gasteiger partial charge in [-0.3, -0.25) is 9.35 Å². The summed E-state index contributed by atoms with van der Waals surface area (Å²) in [6, 6.07) is 4.31. The molecule has 17 heavy (non-hydrogen) atoms. The third-order valence-electron chi connectivity index (χ3n) is 1.49. The minimum Gasteiger partial charge on any atom is -0.507 e. The van der Waals surface area contributed by atoms with E-state index in [1.54, 1.807) is 0 Å². The van der Waals surface area contributed by atoms with Gasteiger partial charge in [0.15, 0.2) is 6.29 Å². The Kier molecular flexibility index (Phi) is 6.74. The second kappa shape index (κ2) is 7.23. The summed E-state index contributed by atoms with van der Waals surface area (Å²) in [7, 11) is -3.80. The molecular formula is C9H12ClNO5S. The quantitative estimate of drug-likeness (QED) is 0.554. The summed E-state index contributed by atoms with van der Waals surface area (Å²) in [6.45, 7) is -0.0289. The summed E-state index contributed by atoms with van der Waals surface area (Å²) in [4.78, 5) is 10.2. The second-order valence-electron chi connectivity index (χ2n) is 2.90. The second-order valence-corrected chi connectivity index (χ2v) is 4.90. The number of carbonyl (C=O) groups is 1. The van der Waals surface area contributed by atoms with Gasteiger partial charge in [-0.25, -0.2) is 0 Å². The molecule has 0 atom stereocenters. The fourth-order valence-electron chi connectivity index (χ4n) is 0.769. The molecule has 1 aromatic carbocycles. The zero-order chi connectivity index (χ0) is 13.5. The van der Waals surface area contributed by atoms with Crippen LogP contribution in [0.25, 0.3) is 0 Å². The predicted octanol–water partition coefficient (Wildman–Crippen LogP) is 0.691. The molecule has 0 aromatic heterocycles. The molecule has 0 amide bonds. The maximum absolute atomic E-state index is 10.2. The summed E-state index contributed by atoms with van der Waals surface area (Å²) in [5, 5.41) is 9.39. The van der Waals surface area contributed by atoms with Gasteiger partial charge in [0.2, 0.25) is 0 Å². The van der Waals surface area contributed by atoms with Crippen molar-refractivity contribution in [2.75, 3.05) is 12.3 Å². The van der Waals surface area contributed by atoms with Crippen LogP contribution in [0.1, 0.15) is 10.4 Å². The number of halogens is 1. The number of carbonyl (C=O) groups excluding carboxylic acids is 1. The van der Waals surface area contributed by atoms with Crippen molar-refractivity contribution in [2.24, 2.45) is 5.73 Å². The van der Waals surface area contributed by atoms with Crippen LogP contribution in [0, 0.1) is 0 Å². The Morgan fingerprint density at radius 2 is 2.00 bits per heavy atom. The summed E-state index contributed by atoms with van der Waals surface area (Å²) in [5.74, 6) is -0.396. The average Bonchev–Trinajstić information content (AvgIpc) is 2.21. The number of hydrogen-bond donors (Lipinski definition) is 3. The Morgan fingerprint density at radius 3 is 2.29 bits per heavy atom. The van der Waals surface area contributed by atoms with Gasteiger partial charge in [-0.1, -0.05) is 11.6 Å². The zero-order valence-electron chi connectivity index (χ0n) is 8.71. The monoisotopic (exact) mass is 281 g/mol. The molecule has 6 nitrogen and oxygen atoms in total. The lowest BCUT2D eigenvalue weighted by Gasteiger charge is -1.94. The highest BCUT2D eigenvalue weighted by atomic mass is 35.5. The van der Waals surface area contributed by atoms with Crippen LogP contribution < -0.4 is 5.73 Å². The van der Waals surface area contributed by atoms with Crippen molar-refractivity contribution >= 4 is 28.0 Å². The van der Waals surface area contributed by atoms with Crippen molar-refractivity contribution < 1.29 is 22.9 Å². The van der Waals surface area contributed by atoms with E-state index in [4.69, 9.17) is 27.0 Å². The van der Waals surface area contributed by atoms with Crippen LogP contribution in [0.4, 0.5) is 0 Å². The van der Waals surface area contributed by atoms with Crippen LogP contribution in [0.5, 0.6) is 5.75 Å². The van der Waals surface area contributed by atoms with E-state index in [9.17, 15) is 13.2 Å². The summed E-state index contributed by atoms with van der Waals surface area (Å²) in [6.07, 6.45) is 0.557. The molecule has 0 aliphatic heterocycles. The number of hydrogen-bond acceptors (Lipinski definition) is 5. The number of aldehydes is 1. The Bertz CT molecular complexity index is 474. The van der Waals surface area contributed by atoms with Gasteiger partial charge in [0.1, 0.15) is 5.75 Å². The molecule has 0 heterocycles. The highest BCUT2D eigenvalue weighted by molar-refractivity contribution is 7.85. The normalized spacial score (nSPS) is 10.3. The highest BCUT2D eigenvalue weighted by Crippen LogP contribution is 2.18. The van der Waals surface area contributed by atoms with Gasteiger partial charge < -0.3 is 10.8 Å². The first-order valence-electron chi connectivity index (χ1n) is 4.39. The molecule has 0 saturated carbocycles. The third kappa shape index (κ3) is 7.70. The van der Waals surface area contributed by atoms with Gasteiger partial charge in [0.05, 0.1) is 11.3 Å². The molecule has 4 N–H and O–H groups in total. The summed E-state index contributed by atoms with van der Waals surface area (Å²) in [5.41, 5.74) is 4.99. The van der Waals surface area contributed by atoms with Crippen LogP contribution in [-0.4, -0.2) is 36.7 Å². The number of phenolic OH excluding ortho intramolecular Hbond substituents is 1. The van der Waals surface area contributed by atoms with Crippen molar-refractivity contribution in [3.63, 3.8) is 0 Å². The van der Waals surface area contributed by atoms with Crippen molar-refractivity contribution in [3.05, 3.63) is 28.8 Å². The number of rotatable bonds is 3. The maximum Gasteiger partial charge on any atom is 0.266 e. The Morgan fingerprint density at radius 1 is 1.41 bits per heavy atom. The lowest BCUT2D eigenvalue weighted by atomic mass is 10.2. The molecule has 0 radical (unpaired) electrons. The van der Waals surface area contributed by atoms with Gasteiger partial charge in [-0.2, -0.15) is 8.42 Å². The maximum atomic E-state index is 10.2. The summed E-state index contributed by atoms with van der Waals surface area (Å²) >= 11 is 5.53. The molecular weight excluding hydrogens is 270 g/mol. The SMILES string of the molecule is NCCS(=O)(=O)O.O=Cc1cc(Cl)ccc1O. The van der Waals surface area contributed by atoms with Crippen LogP contribution >= 0.6 is 11.6 Å². The summed E-state index contributed by atoms with van der Waals surface area (Å²) < 4.78 is 27.3. The third-order valence-corrected chi connectivity index (χ3v) is 2.48. The standard InChI is InChI=1S/C7H5ClO2.C2H7NO3S/c8-6-1-2-7(10)5(3-6)4-9;3-1-2-7(4,5)6/h1-4,10H;1-3H2,(H,4,5,6). The minimum atomic E-state index is -3.80. The van der Waals surface area contributed by atoms with Gasteiger partial charge in [-0.05, 0) is 18.2 Å². The van der Waals surface area contributed by atoms with Crippen molar-refractivity contribution in [1.82, 2.24) is 0 Å². The molecule has 1 aromatic rings. The number of nitrogens with two attached hydrogens (primary N) is 1. The molecule has 0 aliphatic carbocycles. The molecule has 0 bridgehead atoms. The molecule has 0 aliphatic rings. The minimum absolute atomic E-state index is 0.0289. The van der Waals surface area contributed by atoms with Crippen LogP contribution in [0.15, 0.2) is 18.2 Å². The van der Waals surface area contributed by atoms with E-state index in [1.807, 2.05) is 0 Å². The van der Waals surface area contributed by atoms with E-state index in [0.717, 1.165) is 0 Å². The van der Waals surface area contributed by atoms with Crippen LogP contribution in [-0.2, 0) is 10.1 Å². The van der Waals surface area contributed by atoms with E-state index in [2.05, 4.69) is 0 Å².